The number of likely N-dealkylation sites (N-methyl/N-ethyl adjacent to an activating group) is 1. The summed E-state index contributed by atoms with van der Waals surface area (Å²) in [6.07, 6.45) is 14.8. The third-order valence-electron chi connectivity index (χ3n) is 7.29. The van der Waals surface area contributed by atoms with E-state index >= 15 is 0 Å². The molecule has 2 aliphatic heterocycles. The summed E-state index contributed by atoms with van der Waals surface area (Å²) in [5.74, 6) is 1.52. The van der Waals surface area contributed by atoms with Crippen molar-refractivity contribution < 1.29 is 10.9 Å². The van der Waals surface area contributed by atoms with Crippen LogP contribution in [0.5, 0.6) is 5.75 Å². The molecule has 2 heterocycles. The van der Waals surface area contributed by atoms with Gasteiger partial charge in [0.2, 0.25) is 0 Å². The molecule has 1 unspecified atom stereocenters. The lowest BCUT2D eigenvalue weighted by atomic mass is 9.82. The molecule has 0 radical (unpaired) electrons. The highest BCUT2D eigenvalue weighted by molar-refractivity contribution is 5.69. The van der Waals surface area contributed by atoms with Gasteiger partial charge in [-0.05, 0) is 61.5 Å². The van der Waals surface area contributed by atoms with Gasteiger partial charge in [0.05, 0.1) is 35.9 Å². The Bertz CT molecular complexity index is 1400. The molecule has 0 N–H and O–H groups in total. The van der Waals surface area contributed by atoms with Gasteiger partial charge in [0, 0.05) is 32.0 Å². The third kappa shape index (κ3) is 5.61. The first kappa shape index (κ1) is 27.4. The second-order valence-electron chi connectivity index (χ2n) is 11.1. The molecule has 38 heavy (non-hydrogen) atoms. The van der Waals surface area contributed by atoms with Crippen LogP contribution < -0.4 is 15.2 Å². The molecule has 4 nitrogen and oxygen atoms in total. The second kappa shape index (κ2) is 11.4. The van der Waals surface area contributed by atoms with Gasteiger partial charge < -0.3 is 19.3 Å². The predicted molar refractivity (Wildman–Crippen MR) is 161 cm³/mol. The van der Waals surface area contributed by atoms with Crippen LogP contribution in [0.3, 0.4) is 0 Å². The smallest absolute Gasteiger partial charge is 0.134 e. The minimum Gasteiger partial charge on any atom is -0.494 e. The maximum atomic E-state index is 6.33. The number of nitrogens with zero attached hydrogens (tertiary/aromatic N) is 2. The van der Waals surface area contributed by atoms with Crippen molar-refractivity contribution in [3.05, 3.63) is 107 Å². The largest absolute Gasteiger partial charge is 0.494 e. The molecule has 1 fully saturated rings. The van der Waals surface area contributed by atoms with Gasteiger partial charge >= 0.3 is 0 Å². The van der Waals surface area contributed by atoms with E-state index in [9.17, 15) is 0 Å². The molecule has 1 aromatic carbocycles. The number of benzene rings is 1. The number of hydrogen-bond donors (Lipinski definition) is 0. The lowest BCUT2D eigenvalue weighted by Gasteiger charge is -2.50. The zero-order chi connectivity index (χ0) is 27.4. The second-order valence-corrected chi connectivity index (χ2v) is 11.1. The fraction of sp³-hybridized carbons (Fsp3) is 0.382. The van der Waals surface area contributed by atoms with E-state index in [0.717, 1.165) is 58.1 Å². The molecule has 3 aliphatic rings. The molecule has 0 amide bonds. The zero-order valence-corrected chi connectivity index (χ0v) is 23.9. The maximum absolute atomic E-state index is 6.33. The molecule has 1 atom stereocenters. The number of hydrogen-bond acceptors (Lipinski definition) is 4. The summed E-state index contributed by atoms with van der Waals surface area (Å²) >= 11 is 0. The molecule has 0 bridgehead atoms. The van der Waals surface area contributed by atoms with E-state index in [0.29, 0.717) is 19.0 Å². The normalized spacial score (nSPS) is 20.0. The first-order valence-corrected chi connectivity index (χ1v) is 13.6. The van der Waals surface area contributed by atoms with Gasteiger partial charge in [-0.2, -0.15) is 0 Å². The van der Waals surface area contributed by atoms with Crippen molar-refractivity contribution in [3.63, 3.8) is 0 Å². The minimum atomic E-state index is 0. The van der Waals surface area contributed by atoms with E-state index in [1.165, 1.54) is 5.57 Å². The predicted octanol–water partition coefficient (Wildman–Crippen LogP) is 6.20. The molecule has 202 valence electrons. The van der Waals surface area contributed by atoms with E-state index in [1.807, 2.05) is 19.9 Å². The summed E-state index contributed by atoms with van der Waals surface area (Å²) in [4.78, 5) is 4.77. The number of rotatable bonds is 8. The van der Waals surface area contributed by atoms with Crippen LogP contribution in [-0.2, 0) is 4.74 Å². The molecule has 1 saturated heterocycles. The Balaban J connectivity index is 0.00000420. The third-order valence-corrected chi connectivity index (χ3v) is 7.29. The standard InChI is InChI=1S/C34H42N2O2.H2/c1-9-14-27-28(18-12-19-31(27)38-20-13-17-26-15-11-16-26)33-30-21-24(3)29(25(4)37-10-2)22-36(30)32(23-35(33)8)34(5,6)7;/h9,11-12,15-16,18-19,21-22,32H,3-4,10,13,17,20,23H2,1-2,5-8H3;1H/b33-28-;. The highest BCUT2D eigenvalue weighted by atomic mass is 16.5. The SMILES string of the molecule is C=C1C=C2/C(=c3\cccc(OCCCC4=CC=C4)c3=C=CC)N(C)CC(C(C)(C)C)N2C=C1C(=C)OCC.[HH]. The van der Waals surface area contributed by atoms with E-state index < -0.39 is 0 Å². The average Bonchev–Trinajstić information content (AvgIpc) is 2.82. The molecule has 4 heteroatoms. The Hall–Kier alpha value is -3.62. The lowest BCUT2D eigenvalue weighted by molar-refractivity contribution is 0.128. The zero-order valence-electron chi connectivity index (χ0n) is 23.9. The average molecular weight is 513 g/mol. The van der Waals surface area contributed by atoms with Gasteiger partial charge in [-0.25, -0.2) is 0 Å². The van der Waals surface area contributed by atoms with Crippen molar-refractivity contribution in [2.45, 2.75) is 53.5 Å². The van der Waals surface area contributed by atoms with Crippen LogP contribution in [0.1, 0.15) is 48.9 Å². The summed E-state index contributed by atoms with van der Waals surface area (Å²) in [6, 6.07) is 6.56. The van der Waals surface area contributed by atoms with Crippen molar-refractivity contribution in [1.82, 2.24) is 9.80 Å². The maximum Gasteiger partial charge on any atom is 0.134 e. The van der Waals surface area contributed by atoms with Crippen molar-refractivity contribution in [2.24, 2.45) is 5.41 Å². The Morgan fingerprint density at radius 1 is 1.29 bits per heavy atom. The van der Waals surface area contributed by atoms with Crippen LogP contribution in [0.4, 0.5) is 0 Å². The van der Waals surface area contributed by atoms with E-state index in [2.05, 4.69) is 105 Å². The lowest BCUT2D eigenvalue weighted by Crippen LogP contribution is -2.55. The Morgan fingerprint density at radius 3 is 2.68 bits per heavy atom. The molecule has 1 aliphatic carbocycles. The van der Waals surface area contributed by atoms with Crippen molar-refractivity contribution in [2.75, 3.05) is 26.8 Å². The summed E-state index contributed by atoms with van der Waals surface area (Å²) in [7, 11) is 2.18. The number of piperazine rings is 1. The molecular formula is C34H44N2O2. The fourth-order valence-electron chi connectivity index (χ4n) is 5.23. The van der Waals surface area contributed by atoms with Gasteiger partial charge in [-0.15, -0.1) is 5.73 Å². The summed E-state index contributed by atoms with van der Waals surface area (Å²) in [5, 5.41) is 2.08. The van der Waals surface area contributed by atoms with E-state index in [4.69, 9.17) is 9.47 Å². The Labute approximate surface area is 230 Å². The van der Waals surface area contributed by atoms with Crippen LogP contribution in [0, 0.1) is 5.41 Å². The van der Waals surface area contributed by atoms with E-state index in [-0.39, 0.29) is 12.9 Å². The van der Waals surface area contributed by atoms with E-state index in [1.54, 1.807) is 0 Å². The molecule has 0 aromatic heterocycles. The first-order valence-electron chi connectivity index (χ1n) is 13.6. The number of allylic oxidation sites excluding steroid dienone is 7. The molecule has 1 aromatic rings. The highest BCUT2D eigenvalue weighted by Gasteiger charge is 2.40. The number of fused-ring (bicyclic) bond motifs is 1. The quantitative estimate of drug-likeness (QED) is 0.306. The van der Waals surface area contributed by atoms with Crippen LogP contribution >= 0.6 is 0 Å². The topological polar surface area (TPSA) is 24.9 Å². The summed E-state index contributed by atoms with van der Waals surface area (Å²) in [5.41, 5.74) is 9.03. The molecule has 4 rings (SSSR count). The van der Waals surface area contributed by atoms with Crippen molar-refractivity contribution in [3.8, 4) is 5.75 Å². The summed E-state index contributed by atoms with van der Waals surface area (Å²) < 4.78 is 12.1. The fourth-order valence-corrected chi connectivity index (χ4v) is 5.23. The van der Waals surface area contributed by atoms with Gasteiger partial charge in [0.25, 0.3) is 0 Å². The van der Waals surface area contributed by atoms with Gasteiger partial charge in [0.1, 0.15) is 11.5 Å². The van der Waals surface area contributed by atoms with Crippen LogP contribution in [0.2, 0.25) is 0 Å². The highest BCUT2D eigenvalue weighted by Crippen LogP contribution is 2.41. The Kier molecular flexibility index (Phi) is 8.23. The van der Waals surface area contributed by atoms with Crippen LogP contribution in [-0.4, -0.2) is 42.6 Å². The van der Waals surface area contributed by atoms with Crippen LogP contribution in [0.15, 0.2) is 96.1 Å². The monoisotopic (exact) mass is 512 g/mol. The summed E-state index contributed by atoms with van der Waals surface area (Å²) in [6.45, 7) is 21.6. The molecule has 0 spiro atoms. The van der Waals surface area contributed by atoms with Crippen molar-refractivity contribution in [1.29, 1.82) is 0 Å². The van der Waals surface area contributed by atoms with Gasteiger partial charge in [-0.3, -0.25) is 0 Å². The van der Waals surface area contributed by atoms with Gasteiger partial charge in [-0.1, -0.05) is 64.3 Å². The van der Waals surface area contributed by atoms with Crippen LogP contribution in [0.25, 0.3) is 11.4 Å². The van der Waals surface area contributed by atoms with Gasteiger partial charge in [0.15, 0.2) is 0 Å². The Morgan fingerprint density at radius 2 is 2.05 bits per heavy atom. The van der Waals surface area contributed by atoms with Crippen molar-refractivity contribution >= 4 is 11.4 Å². The molecule has 0 saturated carbocycles. The minimum absolute atomic E-state index is 0. The molecular weight excluding hydrogens is 468 g/mol. The number of ether oxygens (including phenoxy) is 2. The first-order chi connectivity index (χ1) is 18.2.